The minimum Gasteiger partial charge on any atom is -0.330 e. The molecule has 0 amide bonds. The Bertz CT molecular complexity index is 646. The van der Waals surface area contributed by atoms with Gasteiger partial charge >= 0.3 is 0 Å². The first-order chi connectivity index (χ1) is 9.96. The number of hydrogen-bond donors (Lipinski definition) is 1. The topological polar surface area (TPSA) is 38.9 Å². The SMILES string of the molecule is CC(C)(C)c1cncc2cc(C3(CN)CCCC3)ccc12. The fraction of sp³-hybridized carbons (Fsp3) is 0.526. The summed E-state index contributed by atoms with van der Waals surface area (Å²) in [7, 11) is 0. The Morgan fingerprint density at radius 2 is 1.86 bits per heavy atom. The van der Waals surface area contributed by atoms with Crippen molar-refractivity contribution in [3.05, 3.63) is 41.7 Å². The zero-order valence-corrected chi connectivity index (χ0v) is 13.4. The standard InChI is InChI=1S/C19H26N2/c1-18(2,3)17-12-21-11-14-10-15(6-7-16(14)17)19(13-20)8-4-5-9-19/h6-7,10-12H,4-5,8-9,13,20H2,1-3H3. The van der Waals surface area contributed by atoms with Crippen LogP contribution in [0.1, 0.15) is 57.6 Å². The lowest BCUT2D eigenvalue weighted by atomic mass is 9.77. The minimum atomic E-state index is 0.118. The molecule has 0 radical (unpaired) electrons. The van der Waals surface area contributed by atoms with E-state index in [0.29, 0.717) is 0 Å². The second kappa shape index (κ2) is 5.10. The number of hydrogen-bond acceptors (Lipinski definition) is 2. The normalized spacial score (nSPS) is 18.3. The van der Waals surface area contributed by atoms with Gasteiger partial charge in [-0.3, -0.25) is 4.98 Å². The smallest absolute Gasteiger partial charge is 0.0346 e. The van der Waals surface area contributed by atoms with Crippen LogP contribution >= 0.6 is 0 Å². The quantitative estimate of drug-likeness (QED) is 0.891. The lowest BCUT2D eigenvalue weighted by molar-refractivity contribution is 0.453. The fourth-order valence-corrected chi connectivity index (χ4v) is 3.77. The van der Waals surface area contributed by atoms with Crippen molar-refractivity contribution in [3.63, 3.8) is 0 Å². The first kappa shape index (κ1) is 14.5. The maximum atomic E-state index is 6.13. The Morgan fingerprint density at radius 1 is 1.14 bits per heavy atom. The van der Waals surface area contributed by atoms with E-state index in [-0.39, 0.29) is 10.8 Å². The third-order valence-corrected chi connectivity index (χ3v) is 5.13. The van der Waals surface area contributed by atoms with Crippen molar-refractivity contribution in [3.8, 4) is 0 Å². The van der Waals surface area contributed by atoms with Gasteiger partial charge in [-0.05, 0) is 40.8 Å². The molecule has 3 rings (SSSR count). The molecule has 0 spiro atoms. The monoisotopic (exact) mass is 282 g/mol. The predicted octanol–water partition coefficient (Wildman–Crippen LogP) is 4.30. The maximum Gasteiger partial charge on any atom is 0.0346 e. The molecule has 1 aliphatic carbocycles. The molecule has 1 aromatic carbocycles. The van der Waals surface area contributed by atoms with E-state index in [1.54, 1.807) is 0 Å². The molecule has 112 valence electrons. The highest BCUT2D eigenvalue weighted by Crippen LogP contribution is 2.41. The summed E-state index contributed by atoms with van der Waals surface area (Å²) in [5, 5.41) is 2.58. The molecule has 2 N–H and O–H groups in total. The van der Waals surface area contributed by atoms with Crippen LogP contribution in [0, 0.1) is 0 Å². The van der Waals surface area contributed by atoms with E-state index >= 15 is 0 Å². The summed E-state index contributed by atoms with van der Waals surface area (Å²) in [6.45, 7) is 7.49. The van der Waals surface area contributed by atoms with Crippen molar-refractivity contribution < 1.29 is 0 Å². The largest absolute Gasteiger partial charge is 0.330 e. The molecule has 0 aliphatic heterocycles. The molecular weight excluding hydrogens is 256 g/mol. The highest BCUT2D eigenvalue weighted by molar-refractivity contribution is 5.86. The molecule has 0 saturated heterocycles. The van der Waals surface area contributed by atoms with Crippen molar-refractivity contribution in [1.29, 1.82) is 0 Å². The van der Waals surface area contributed by atoms with Gasteiger partial charge < -0.3 is 5.73 Å². The first-order valence-corrected chi connectivity index (χ1v) is 8.05. The molecule has 2 nitrogen and oxygen atoms in total. The van der Waals surface area contributed by atoms with E-state index in [1.165, 1.54) is 47.6 Å². The highest BCUT2D eigenvalue weighted by atomic mass is 14.6. The number of aromatic nitrogens is 1. The lowest BCUT2D eigenvalue weighted by Crippen LogP contribution is -2.31. The summed E-state index contributed by atoms with van der Waals surface area (Å²) in [5.74, 6) is 0. The van der Waals surface area contributed by atoms with Gasteiger partial charge in [0.25, 0.3) is 0 Å². The Hall–Kier alpha value is -1.41. The van der Waals surface area contributed by atoms with E-state index in [9.17, 15) is 0 Å². The number of rotatable bonds is 2. The first-order valence-electron chi connectivity index (χ1n) is 8.05. The van der Waals surface area contributed by atoms with Crippen LogP contribution in [0.2, 0.25) is 0 Å². The molecule has 1 fully saturated rings. The fourth-order valence-electron chi connectivity index (χ4n) is 3.77. The summed E-state index contributed by atoms with van der Waals surface area (Å²) in [6, 6.07) is 6.91. The van der Waals surface area contributed by atoms with Crippen LogP contribution < -0.4 is 5.73 Å². The summed E-state index contributed by atoms with van der Waals surface area (Å²) in [6.07, 6.45) is 9.05. The van der Waals surface area contributed by atoms with Crippen molar-refractivity contribution in [2.45, 2.75) is 57.3 Å². The molecule has 1 aromatic heterocycles. The Kier molecular flexibility index (Phi) is 3.53. The van der Waals surface area contributed by atoms with Gasteiger partial charge in [-0.15, -0.1) is 0 Å². The van der Waals surface area contributed by atoms with E-state index in [1.807, 2.05) is 12.4 Å². The number of pyridine rings is 1. The van der Waals surface area contributed by atoms with E-state index in [2.05, 4.69) is 44.0 Å². The zero-order chi connectivity index (χ0) is 15.1. The highest BCUT2D eigenvalue weighted by Gasteiger charge is 2.34. The third kappa shape index (κ3) is 2.46. The minimum absolute atomic E-state index is 0.118. The van der Waals surface area contributed by atoms with Crippen molar-refractivity contribution in [2.75, 3.05) is 6.54 Å². The summed E-state index contributed by atoms with van der Waals surface area (Å²) in [4.78, 5) is 4.46. The van der Waals surface area contributed by atoms with E-state index < -0.39 is 0 Å². The summed E-state index contributed by atoms with van der Waals surface area (Å²) >= 11 is 0. The van der Waals surface area contributed by atoms with Crippen molar-refractivity contribution >= 4 is 10.8 Å². The van der Waals surface area contributed by atoms with E-state index in [0.717, 1.165) is 6.54 Å². The van der Waals surface area contributed by atoms with Crippen molar-refractivity contribution in [2.24, 2.45) is 5.73 Å². The number of fused-ring (bicyclic) bond motifs is 1. The van der Waals surface area contributed by atoms with E-state index in [4.69, 9.17) is 5.73 Å². The Morgan fingerprint density at radius 3 is 2.48 bits per heavy atom. The maximum absolute atomic E-state index is 6.13. The molecule has 1 aliphatic rings. The molecule has 0 atom stereocenters. The third-order valence-electron chi connectivity index (χ3n) is 5.13. The second-order valence-electron chi connectivity index (χ2n) is 7.56. The predicted molar refractivity (Wildman–Crippen MR) is 89.6 cm³/mol. The van der Waals surface area contributed by atoms with Crippen LogP contribution in [0.5, 0.6) is 0 Å². The van der Waals surface area contributed by atoms with Gasteiger partial charge in [0.1, 0.15) is 0 Å². The van der Waals surface area contributed by atoms with Crippen LogP contribution in [-0.4, -0.2) is 11.5 Å². The Balaban J connectivity index is 2.14. The summed E-state index contributed by atoms with van der Waals surface area (Å²) < 4.78 is 0. The molecule has 2 aromatic rings. The van der Waals surface area contributed by atoms with Crippen LogP contribution in [-0.2, 0) is 10.8 Å². The zero-order valence-electron chi connectivity index (χ0n) is 13.4. The average Bonchev–Trinajstić information content (AvgIpc) is 2.95. The van der Waals surface area contributed by atoms with Crippen LogP contribution in [0.25, 0.3) is 10.8 Å². The molecule has 0 bridgehead atoms. The van der Waals surface area contributed by atoms with Gasteiger partial charge in [-0.2, -0.15) is 0 Å². The van der Waals surface area contributed by atoms with Gasteiger partial charge in [0, 0.05) is 29.7 Å². The van der Waals surface area contributed by atoms with Crippen LogP contribution in [0.15, 0.2) is 30.6 Å². The second-order valence-corrected chi connectivity index (χ2v) is 7.56. The number of benzene rings is 1. The van der Waals surface area contributed by atoms with Gasteiger partial charge in [-0.1, -0.05) is 45.7 Å². The molecule has 1 heterocycles. The van der Waals surface area contributed by atoms with Crippen molar-refractivity contribution in [1.82, 2.24) is 4.98 Å². The van der Waals surface area contributed by atoms with Gasteiger partial charge in [-0.25, -0.2) is 0 Å². The Labute approximate surface area is 127 Å². The number of nitrogens with zero attached hydrogens (tertiary/aromatic N) is 1. The molecular formula is C19H26N2. The summed E-state index contributed by atoms with van der Waals surface area (Å²) in [5.41, 5.74) is 9.17. The number of nitrogens with two attached hydrogens (primary N) is 1. The average molecular weight is 282 g/mol. The molecule has 2 heteroatoms. The lowest BCUT2D eigenvalue weighted by Gasteiger charge is -2.29. The molecule has 21 heavy (non-hydrogen) atoms. The van der Waals surface area contributed by atoms with Gasteiger partial charge in [0.2, 0.25) is 0 Å². The van der Waals surface area contributed by atoms with Crippen LogP contribution in [0.4, 0.5) is 0 Å². The molecule has 0 unspecified atom stereocenters. The van der Waals surface area contributed by atoms with Gasteiger partial charge in [0.05, 0.1) is 0 Å². The molecule has 1 saturated carbocycles. The van der Waals surface area contributed by atoms with Crippen LogP contribution in [0.3, 0.4) is 0 Å². The van der Waals surface area contributed by atoms with Gasteiger partial charge in [0.15, 0.2) is 0 Å².